The summed E-state index contributed by atoms with van der Waals surface area (Å²) in [6, 6.07) is 10.5. The van der Waals surface area contributed by atoms with Gasteiger partial charge in [-0.15, -0.1) is 11.3 Å². The van der Waals surface area contributed by atoms with Crippen molar-refractivity contribution in [3.63, 3.8) is 0 Å². The van der Waals surface area contributed by atoms with Crippen molar-refractivity contribution < 1.29 is 32.5 Å². The first-order valence-corrected chi connectivity index (χ1v) is 14.3. The molecule has 41 heavy (non-hydrogen) atoms. The molecule has 0 bridgehead atoms. The SMILES string of the molecule is O=C(O)c1ccc2nc(CN3CCC(c4cccc(OCc5nc(C(F)(F)F)cs5)n4)CC3)n(CC3CCO3)c2c1. The van der Waals surface area contributed by atoms with Gasteiger partial charge in [-0.05, 0) is 56.6 Å². The molecule has 2 fully saturated rings. The summed E-state index contributed by atoms with van der Waals surface area (Å²) in [6.07, 6.45) is -1.63. The molecule has 0 amide bonds. The summed E-state index contributed by atoms with van der Waals surface area (Å²) in [5.41, 5.74) is 1.79. The average molecular weight is 588 g/mol. The van der Waals surface area contributed by atoms with Crippen LogP contribution in [0.1, 0.15) is 57.8 Å². The Kier molecular flexibility index (Phi) is 7.66. The van der Waals surface area contributed by atoms with Crippen LogP contribution >= 0.6 is 11.3 Å². The van der Waals surface area contributed by atoms with Crippen LogP contribution in [0.3, 0.4) is 0 Å². The number of carbonyl (C=O) groups is 1. The zero-order valence-corrected chi connectivity index (χ0v) is 22.8. The fraction of sp³-hybridized carbons (Fsp3) is 0.429. The molecule has 0 radical (unpaired) electrons. The molecule has 4 aromatic rings. The van der Waals surface area contributed by atoms with Crippen LogP contribution < -0.4 is 4.74 Å². The van der Waals surface area contributed by atoms with Crippen molar-refractivity contribution in [1.29, 1.82) is 0 Å². The number of benzene rings is 1. The number of hydrogen-bond acceptors (Lipinski definition) is 8. The second-order valence-corrected chi connectivity index (χ2v) is 11.2. The van der Waals surface area contributed by atoms with E-state index in [9.17, 15) is 23.1 Å². The summed E-state index contributed by atoms with van der Waals surface area (Å²) in [5.74, 6) is 0.513. The number of hydrogen-bond donors (Lipinski definition) is 1. The summed E-state index contributed by atoms with van der Waals surface area (Å²) in [5, 5.41) is 10.7. The number of rotatable bonds is 9. The zero-order valence-electron chi connectivity index (χ0n) is 22.0. The molecule has 1 atom stereocenters. The zero-order chi connectivity index (χ0) is 28.6. The molecule has 0 saturated carbocycles. The Morgan fingerprint density at radius 3 is 2.61 bits per heavy atom. The molecule has 2 aliphatic heterocycles. The minimum atomic E-state index is -4.47. The second-order valence-electron chi connectivity index (χ2n) is 10.3. The third-order valence-corrected chi connectivity index (χ3v) is 8.38. The topological polar surface area (TPSA) is 103 Å². The van der Waals surface area contributed by atoms with Crippen molar-refractivity contribution in [2.45, 2.75) is 57.2 Å². The Bertz CT molecular complexity index is 1540. The highest BCUT2D eigenvalue weighted by molar-refractivity contribution is 7.09. The van der Waals surface area contributed by atoms with Gasteiger partial charge in [-0.3, -0.25) is 4.90 Å². The van der Waals surface area contributed by atoms with E-state index in [4.69, 9.17) is 14.5 Å². The van der Waals surface area contributed by atoms with Crippen molar-refractivity contribution in [2.75, 3.05) is 19.7 Å². The van der Waals surface area contributed by atoms with Crippen LogP contribution in [-0.4, -0.2) is 61.3 Å². The summed E-state index contributed by atoms with van der Waals surface area (Å²) in [4.78, 5) is 27.0. The van der Waals surface area contributed by atoms with Gasteiger partial charge >= 0.3 is 12.1 Å². The summed E-state index contributed by atoms with van der Waals surface area (Å²) in [6.45, 7) is 3.61. The number of pyridine rings is 1. The quantitative estimate of drug-likeness (QED) is 0.280. The second kappa shape index (κ2) is 11.4. The van der Waals surface area contributed by atoms with E-state index in [1.165, 1.54) is 0 Å². The molecule has 1 unspecified atom stereocenters. The van der Waals surface area contributed by atoms with Crippen molar-refractivity contribution in [3.8, 4) is 5.88 Å². The van der Waals surface area contributed by atoms with E-state index in [1.54, 1.807) is 24.3 Å². The fourth-order valence-electron chi connectivity index (χ4n) is 5.23. The molecule has 5 heterocycles. The predicted molar refractivity (Wildman–Crippen MR) is 144 cm³/mol. The number of aromatic carboxylic acids is 1. The van der Waals surface area contributed by atoms with Crippen LogP contribution in [-0.2, 0) is 30.6 Å². The monoisotopic (exact) mass is 587 g/mol. The molecule has 9 nitrogen and oxygen atoms in total. The van der Waals surface area contributed by atoms with Gasteiger partial charge in [0.25, 0.3) is 0 Å². The molecule has 0 spiro atoms. The number of likely N-dealkylation sites (tertiary alicyclic amines) is 1. The number of halogens is 3. The number of fused-ring (bicyclic) bond motifs is 1. The maximum Gasteiger partial charge on any atom is 0.434 e. The van der Waals surface area contributed by atoms with Gasteiger partial charge in [-0.25, -0.2) is 19.7 Å². The number of imidazole rings is 1. The molecule has 1 N–H and O–H groups in total. The Morgan fingerprint density at radius 1 is 1.12 bits per heavy atom. The number of ether oxygens (including phenoxy) is 2. The summed E-state index contributed by atoms with van der Waals surface area (Å²) >= 11 is 0.911. The van der Waals surface area contributed by atoms with Gasteiger partial charge in [0.2, 0.25) is 5.88 Å². The minimum absolute atomic E-state index is 0.0729. The van der Waals surface area contributed by atoms with Gasteiger partial charge in [-0.1, -0.05) is 6.07 Å². The number of aromatic nitrogens is 4. The molecule has 3 aromatic heterocycles. The molecular formula is C28H28F3N5O4S. The van der Waals surface area contributed by atoms with E-state index < -0.39 is 17.8 Å². The van der Waals surface area contributed by atoms with E-state index in [1.807, 2.05) is 12.1 Å². The molecule has 1 aromatic carbocycles. The van der Waals surface area contributed by atoms with Crippen LogP contribution in [0.4, 0.5) is 13.2 Å². The maximum atomic E-state index is 12.8. The van der Waals surface area contributed by atoms with Gasteiger partial charge in [0, 0.05) is 29.7 Å². The highest BCUT2D eigenvalue weighted by atomic mass is 32.1. The van der Waals surface area contributed by atoms with Crippen molar-refractivity contribution in [3.05, 3.63) is 69.6 Å². The van der Waals surface area contributed by atoms with E-state index >= 15 is 0 Å². The van der Waals surface area contributed by atoms with E-state index in [0.29, 0.717) is 19.0 Å². The fourth-order valence-corrected chi connectivity index (χ4v) is 5.94. The molecule has 6 rings (SSSR count). The highest BCUT2D eigenvalue weighted by Crippen LogP contribution is 2.32. The Hall–Kier alpha value is -3.55. The van der Waals surface area contributed by atoms with Crippen LogP contribution in [0.5, 0.6) is 5.88 Å². The van der Waals surface area contributed by atoms with Crippen LogP contribution in [0.15, 0.2) is 41.8 Å². The number of nitrogens with zero attached hydrogens (tertiary/aromatic N) is 5. The molecule has 2 aliphatic rings. The smallest absolute Gasteiger partial charge is 0.434 e. The molecule has 0 aliphatic carbocycles. The van der Waals surface area contributed by atoms with E-state index in [0.717, 1.165) is 78.2 Å². The first-order chi connectivity index (χ1) is 19.7. The lowest BCUT2D eigenvalue weighted by Gasteiger charge is -2.32. The molecule has 2 saturated heterocycles. The largest absolute Gasteiger partial charge is 0.478 e. The number of carboxylic acids is 1. The molecule has 216 valence electrons. The Morgan fingerprint density at radius 2 is 1.93 bits per heavy atom. The number of carboxylic acid groups (broad SMARTS) is 1. The third-order valence-electron chi connectivity index (χ3n) is 7.56. The lowest BCUT2D eigenvalue weighted by molar-refractivity contribution is -0.140. The Balaban J connectivity index is 1.09. The van der Waals surface area contributed by atoms with Crippen LogP contribution in [0.2, 0.25) is 0 Å². The normalized spacial score (nSPS) is 18.5. The van der Waals surface area contributed by atoms with E-state index in [-0.39, 0.29) is 29.2 Å². The van der Waals surface area contributed by atoms with Crippen LogP contribution in [0, 0.1) is 0 Å². The van der Waals surface area contributed by atoms with Crippen molar-refractivity contribution >= 4 is 28.3 Å². The third kappa shape index (κ3) is 6.21. The number of piperidine rings is 1. The average Bonchev–Trinajstić information content (AvgIpc) is 3.54. The van der Waals surface area contributed by atoms with Crippen LogP contribution in [0.25, 0.3) is 11.0 Å². The summed E-state index contributed by atoms with van der Waals surface area (Å²) in [7, 11) is 0. The Labute approximate surface area is 237 Å². The number of thiazole rings is 1. The highest BCUT2D eigenvalue weighted by Gasteiger charge is 2.33. The maximum absolute atomic E-state index is 12.8. The predicted octanol–water partition coefficient (Wildman–Crippen LogP) is 5.35. The minimum Gasteiger partial charge on any atom is -0.478 e. The van der Waals surface area contributed by atoms with Crippen molar-refractivity contribution in [1.82, 2.24) is 24.4 Å². The first kappa shape index (κ1) is 27.6. The van der Waals surface area contributed by atoms with Gasteiger partial charge in [0.05, 0.1) is 35.8 Å². The van der Waals surface area contributed by atoms with Gasteiger partial charge in [0.15, 0.2) is 5.69 Å². The summed E-state index contributed by atoms with van der Waals surface area (Å²) < 4.78 is 51.8. The number of alkyl halides is 3. The lowest BCUT2D eigenvalue weighted by atomic mass is 9.93. The molecular weight excluding hydrogens is 559 g/mol. The van der Waals surface area contributed by atoms with Gasteiger partial charge in [-0.2, -0.15) is 13.2 Å². The van der Waals surface area contributed by atoms with Crippen molar-refractivity contribution in [2.24, 2.45) is 0 Å². The lowest BCUT2D eigenvalue weighted by Crippen LogP contribution is -2.35. The first-order valence-electron chi connectivity index (χ1n) is 13.4. The van der Waals surface area contributed by atoms with Gasteiger partial charge < -0.3 is 19.1 Å². The van der Waals surface area contributed by atoms with Gasteiger partial charge in [0.1, 0.15) is 17.4 Å². The standard InChI is InChI=1S/C28H28F3N5O4S/c29-28(30,31)23-16-41-26(34-23)15-40-25-3-1-2-20(33-25)17-6-9-35(10-7-17)14-24-32-21-5-4-18(27(37)38)12-22(21)36(24)13-19-8-11-39-19/h1-5,12,16-17,19H,6-11,13-15H2,(H,37,38). The molecule has 13 heteroatoms. The van der Waals surface area contributed by atoms with E-state index in [2.05, 4.69) is 19.4 Å².